The third-order valence-corrected chi connectivity index (χ3v) is 4.16. The molecule has 0 aromatic heterocycles. The number of benzene rings is 1. The minimum absolute atomic E-state index is 0.340. The summed E-state index contributed by atoms with van der Waals surface area (Å²) in [5, 5.41) is 0. The molecule has 0 saturated heterocycles. The summed E-state index contributed by atoms with van der Waals surface area (Å²) in [5.74, 6) is 0.944. The summed E-state index contributed by atoms with van der Waals surface area (Å²) in [6, 6.07) is 8.29. The fraction of sp³-hybridized carbons (Fsp3) is 0.500. The molecule has 15 heavy (non-hydrogen) atoms. The van der Waals surface area contributed by atoms with Crippen LogP contribution in [0.25, 0.3) is 0 Å². The molecule has 0 radical (unpaired) electrons. The van der Waals surface area contributed by atoms with Crippen molar-refractivity contribution in [1.82, 2.24) is 0 Å². The number of thioether (sulfide) groups is 1. The van der Waals surface area contributed by atoms with Gasteiger partial charge >= 0.3 is 0 Å². The van der Waals surface area contributed by atoms with Gasteiger partial charge in [-0.25, -0.2) is 0 Å². The molecule has 0 amide bonds. The van der Waals surface area contributed by atoms with E-state index >= 15 is 0 Å². The number of ether oxygens (including phenoxy) is 1. The average Bonchev–Trinajstić information content (AvgIpc) is 3.02. The molecule has 82 valence electrons. The normalized spacial score (nSPS) is 17.5. The molecule has 0 spiro atoms. The Bertz CT molecular complexity index is 319. The molecule has 0 atom stereocenters. The molecule has 1 aliphatic carbocycles. The zero-order valence-corrected chi connectivity index (χ0v) is 9.85. The third kappa shape index (κ3) is 2.67. The molecule has 2 N–H and O–H groups in total. The second-order valence-corrected chi connectivity index (χ2v) is 5.44. The molecule has 1 fully saturated rings. The summed E-state index contributed by atoms with van der Waals surface area (Å²) in [5.41, 5.74) is 5.75. The van der Waals surface area contributed by atoms with Crippen molar-refractivity contribution < 1.29 is 4.74 Å². The van der Waals surface area contributed by atoms with Crippen LogP contribution in [0.1, 0.15) is 19.8 Å². The van der Waals surface area contributed by atoms with Gasteiger partial charge in [-0.15, -0.1) is 11.8 Å². The van der Waals surface area contributed by atoms with Crippen molar-refractivity contribution >= 4 is 11.8 Å². The minimum atomic E-state index is 0.340. The van der Waals surface area contributed by atoms with Crippen molar-refractivity contribution in [3.8, 4) is 5.75 Å². The van der Waals surface area contributed by atoms with Crippen molar-refractivity contribution in [3.05, 3.63) is 24.3 Å². The first-order valence-electron chi connectivity index (χ1n) is 5.40. The highest BCUT2D eigenvalue weighted by atomic mass is 32.2. The SMILES string of the molecule is CCOc1ccc(SC2(CN)CC2)cc1. The molecule has 0 heterocycles. The summed E-state index contributed by atoms with van der Waals surface area (Å²) < 4.78 is 5.74. The van der Waals surface area contributed by atoms with Crippen LogP contribution in [0.5, 0.6) is 5.75 Å². The van der Waals surface area contributed by atoms with Crippen LogP contribution in [0.3, 0.4) is 0 Å². The summed E-state index contributed by atoms with van der Waals surface area (Å²) in [6.45, 7) is 3.50. The highest BCUT2D eigenvalue weighted by Gasteiger charge is 2.42. The molecule has 1 aliphatic rings. The maximum atomic E-state index is 5.75. The number of hydrogen-bond acceptors (Lipinski definition) is 3. The van der Waals surface area contributed by atoms with Crippen LogP contribution in [-0.4, -0.2) is 17.9 Å². The van der Waals surface area contributed by atoms with Gasteiger partial charge in [-0.1, -0.05) is 0 Å². The van der Waals surface area contributed by atoms with Crippen LogP contribution in [0, 0.1) is 0 Å². The third-order valence-electron chi connectivity index (χ3n) is 2.65. The lowest BCUT2D eigenvalue weighted by Gasteiger charge is -2.11. The van der Waals surface area contributed by atoms with Gasteiger partial charge < -0.3 is 10.5 Å². The number of rotatable bonds is 5. The fourth-order valence-electron chi connectivity index (χ4n) is 1.51. The highest BCUT2D eigenvalue weighted by Crippen LogP contribution is 2.50. The second kappa shape index (κ2) is 4.45. The monoisotopic (exact) mass is 223 g/mol. The molecule has 0 aliphatic heterocycles. The molecule has 1 saturated carbocycles. The standard InChI is InChI=1S/C12H17NOS/c1-2-14-10-3-5-11(6-4-10)15-12(9-13)7-8-12/h3-6H,2,7-9,13H2,1H3. The molecule has 3 heteroatoms. The quantitative estimate of drug-likeness (QED) is 0.833. The van der Waals surface area contributed by atoms with Gasteiger partial charge in [0.25, 0.3) is 0 Å². The first-order valence-corrected chi connectivity index (χ1v) is 6.21. The van der Waals surface area contributed by atoms with Gasteiger partial charge in [0, 0.05) is 16.2 Å². The van der Waals surface area contributed by atoms with Crippen molar-refractivity contribution in [3.63, 3.8) is 0 Å². The molecule has 0 bridgehead atoms. The summed E-state index contributed by atoms with van der Waals surface area (Å²) in [4.78, 5) is 1.29. The Morgan fingerprint density at radius 1 is 1.33 bits per heavy atom. The summed E-state index contributed by atoms with van der Waals surface area (Å²) >= 11 is 1.90. The molecule has 1 aromatic rings. The van der Waals surface area contributed by atoms with Crippen LogP contribution in [-0.2, 0) is 0 Å². The average molecular weight is 223 g/mol. The van der Waals surface area contributed by atoms with E-state index in [4.69, 9.17) is 10.5 Å². The zero-order chi connectivity index (χ0) is 10.7. The Kier molecular flexibility index (Phi) is 3.22. The molecule has 0 unspecified atom stereocenters. The molecule has 1 aromatic carbocycles. The highest BCUT2D eigenvalue weighted by molar-refractivity contribution is 8.01. The van der Waals surface area contributed by atoms with E-state index in [1.165, 1.54) is 17.7 Å². The van der Waals surface area contributed by atoms with Crippen molar-refractivity contribution in [1.29, 1.82) is 0 Å². The Hall–Kier alpha value is -0.670. The first-order chi connectivity index (χ1) is 7.28. The Morgan fingerprint density at radius 3 is 2.47 bits per heavy atom. The largest absolute Gasteiger partial charge is 0.494 e. The van der Waals surface area contributed by atoms with E-state index in [0.717, 1.165) is 18.9 Å². The lowest BCUT2D eigenvalue weighted by Crippen LogP contribution is -2.17. The van der Waals surface area contributed by atoms with Crippen LogP contribution in [0.4, 0.5) is 0 Å². The predicted octanol–water partition coefficient (Wildman–Crippen LogP) is 2.67. The smallest absolute Gasteiger partial charge is 0.119 e. The maximum Gasteiger partial charge on any atom is 0.119 e. The van der Waals surface area contributed by atoms with E-state index in [1.807, 2.05) is 30.8 Å². The van der Waals surface area contributed by atoms with Gasteiger partial charge in [-0.3, -0.25) is 0 Å². The summed E-state index contributed by atoms with van der Waals surface area (Å²) in [7, 11) is 0. The van der Waals surface area contributed by atoms with E-state index in [2.05, 4.69) is 12.1 Å². The fourth-order valence-corrected chi connectivity index (χ4v) is 2.67. The van der Waals surface area contributed by atoms with Crippen molar-refractivity contribution in [2.45, 2.75) is 29.4 Å². The zero-order valence-electron chi connectivity index (χ0n) is 9.03. The molecular formula is C12H17NOS. The van der Waals surface area contributed by atoms with E-state index in [-0.39, 0.29) is 0 Å². The lowest BCUT2D eigenvalue weighted by atomic mass is 10.3. The topological polar surface area (TPSA) is 35.2 Å². The van der Waals surface area contributed by atoms with Crippen molar-refractivity contribution in [2.24, 2.45) is 5.73 Å². The van der Waals surface area contributed by atoms with Gasteiger partial charge in [-0.05, 0) is 44.0 Å². The van der Waals surface area contributed by atoms with E-state index in [1.54, 1.807) is 0 Å². The Balaban J connectivity index is 1.98. The van der Waals surface area contributed by atoms with E-state index in [9.17, 15) is 0 Å². The van der Waals surface area contributed by atoms with Crippen LogP contribution in [0.2, 0.25) is 0 Å². The van der Waals surface area contributed by atoms with Gasteiger partial charge in [0.05, 0.1) is 6.61 Å². The van der Waals surface area contributed by atoms with Crippen LogP contribution < -0.4 is 10.5 Å². The Labute approximate surface area is 95.2 Å². The predicted molar refractivity (Wildman–Crippen MR) is 64.5 cm³/mol. The molecule has 2 rings (SSSR count). The molecular weight excluding hydrogens is 206 g/mol. The Morgan fingerprint density at radius 2 is 2.00 bits per heavy atom. The summed E-state index contributed by atoms with van der Waals surface area (Å²) in [6.07, 6.45) is 2.50. The van der Waals surface area contributed by atoms with Gasteiger partial charge in [0.1, 0.15) is 5.75 Å². The van der Waals surface area contributed by atoms with Gasteiger partial charge in [0.2, 0.25) is 0 Å². The van der Waals surface area contributed by atoms with Gasteiger partial charge in [-0.2, -0.15) is 0 Å². The van der Waals surface area contributed by atoms with Crippen molar-refractivity contribution in [2.75, 3.05) is 13.2 Å². The minimum Gasteiger partial charge on any atom is -0.494 e. The van der Waals surface area contributed by atoms with E-state index < -0.39 is 0 Å². The van der Waals surface area contributed by atoms with Crippen LogP contribution >= 0.6 is 11.8 Å². The maximum absolute atomic E-state index is 5.75. The lowest BCUT2D eigenvalue weighted by molar-refractivity contribution is 0.340. The number of nitrogens with two attached hydrogens (primary N) is 1. The second-order valence-electron chi connectivity index (χ2n) is 3.89. The molecule has 2 nitrogen and oxygen atoms in total. The number of hydrogen-bond donors (Lipinski definition) is 1. The first kappa shape index (κ1) is 10.8. The van der Waals surface area contributed by atoms with Crippen LogP contribution in [0.15, 0.2) is 29.2 Å². The van der Waals surface area contributed by atoms with E-state index in [0.29, 0.717) is 4.75 Å². The van der Waals surface area contributed by atoms with Gasteiger partial charge in [0.15, 0.2) is 0 Å².